The molecule has 1 aromatic rings. The largest absolute Gasteiger partial charge is 0.495 e. The van der Waals surface area contributed by atoms with Crippen molar-refractivity contribution in [2.45, 2.75) is 26.3 Å². The molecular formula is C16H25N3O2. The number of rotatable bonds is 2. The number of piperazine rings is 1. The molecule has 1 fully saturated rings. The van der Waals surface area contributed by atoms with Crippen molar-refractivity contribution in [3.8, 4) is 5.75 Å². The van der Waals surface area contributed by atoms with Gasteiger partial charge in [-0.3, -0.25) is 9.69 Å². The zero-order valence-electron chi connectivity index (χ0n) is 13.3. The molecule has 0 bridgehead atoms. The average Bonchev–Trinajstić information content (AvgIpc) is 2.45. The molecule has 2 rings (SSSR count). The van der Waals surface area contributed by atoms with Crippen LogP contribution in [0.3, 0.4) is 0 Å². The molecule has 116 valence electrons. The van der Waals surface area contributed by atoms with E-state index in [1.54, 1.807) is 25.3 Å². The van der Waals surface area contributed by atoms with Crippen LogP contribution in [-0.4, -0.2) is 54.5 Å². The highest BCUT2D eigenvalue weighted by molar-refractivity contribution is 5.95. The van der Waals surface area contributed by atoms with Crippen molar-refractivity contribution in [2.24, 2.45) is 0 Å². The highest BCUT2D eigenvalue weighted by Gasteiger charge is 2.28. The summed E-state index contributed by atoms with van der Waals surface area (Å²) in [5.41, 5.74) is 7.15. The van der Waals surface area contributed by atoms with E-state index in [9.17, 15) is 4.79 Å². The molecular weight excluding hydrogens is 266 g/mol. The van der Waals surface area contributed by atoms with Crippen LogP contribution in [0.1, 0.15) is 31.1 Å². The standard InChI is InChI=1S/C16H25N3O2/c1-16(2,3)19-9-7-18(8-10-19)15(20)12-5-6-14(21-4)13(17)11-12/h5-6,11H,7-10,17H2,1-4H3. The average molecular weight is 291 g/mol. The lowest BCUT2D eigenvalue weighted by Gasteiger charge is -2.42. The first-order chi connectivity index (χ1) is 9.82. The van der Waals surface area contributed by atoms with E-state index < -0.39 is 0 Å². The number of hydrogen-bond acceptors (Lipinski definition) is 4. The van der Waals surface area contributed by atoms with Crippen molar-refractivity contribution in [1.29, 1.82) is 0 Å². The molecule has 2 N–H and O–H groups in total. The summed E-state index contributed by atoms with van der Waals surface area (Å²) in [6.07, 6.45) is 0. The first kappa shape index (κ1) is 15.6. The number of benzene rings is 1. The summed E-state index contributed by atoms with van der Waals surface area (Å²) in [6.45, 7) is 9.92. The van der Waals surface area contributed by atoms with Crippen molar-refractivity contribution in [1.82, 2.24) is 9.80 Å². The lowest BCUT2D eigenvalue weighted by molar-refractivity contribution is 0.0451. The second kappa shape index (κ2) is 5.93. The van der Waals surface area contributed by atoms with Gasteiger partial charge in [0, 0.05) is 37.3 Å². The summed E-state index contributed by atoms with van der Waals surface area (Å²) in [4.78, 5) is 16.8. The van der Waals surface area contributed by atoms with Crippen LogP contribution in [-0.2, 0) is 0 Å². The van der Waals surface area contributed by atoms with Crippen LogP contribution in [0.15, 0.2) is 18.2 Å². The van der Waals surface area contributed by atoms with Gasteiger partial charge in [0.15, 0.2) is 0 Å². The zero-order chi connectivity index (χ0) is 15.6. The Morgan fingerprint density at radius 3 is 2.29 bits per heavy atom. The Morgan fingerprint density at radius 2 is 1.81 bits per heavy atom. The summed E-state index contributed by atoms with van der Waals surface area (Å²) >= 11 is 0. The molecule has 1 amide bonds. The van der Waals surface area contributed by atoms with Crippen molar-refractivity contribution in [3.63, 3.8) is 0 Å². The summed E-state index contributed by atoms with van der Waals surface area (Å²) in [6, 6.07) is 5.21. The lowest BCUT2D eigenvalue weighted by Crippen LogP contribution is -2.54. The minimum Gasteiger partial charge on any atom is -0.495 e. The second-order valence-electron chi connectivity index (χ2n) is 6.41. The molecule has 1 saturated heterocycles. The molecule has 0 saturated carbocycles. The maximum Gasteiger partial charge on any atom is 0.254 e. The number of amides is 1. The summed E-state index contributed by atoms with van der Waals surface area (Å²) < 4.78 is 5.12. The third-order valence-corrected chi connectivity index (χ3v) is 3.99. The van der Waals surface area contributed by atoms with E-state index in [2.05, 4.69) is 25.7 Å². The van der Waals surface area contributed by atoms with Crippen LogP contribution in [0.5, 0.6) is 5.75 Å². The van der Waals surface area contributed by atoms with Gasteiger partial charge < -0.3 is 15.4 Å². The number of carbonyl (C=O) groups excluding carboxylic acids is 1. The zero-order valence-corrected chi connectivity index (χ0v) is 13.3. The summed E-state index contributed by atoms with van der Waals surface area (Å²) in [5, 5.41) is 0. The Hall–Kier alpha value is -1.75. The van der Waals surface area contributed by atoms with E-state index in [1.165, 1.54) is 0 Å². The second-order valence-corrected chi connectivity index (χ2v) is 6.41. The highest BCUT2D eigenvalue weighted by Crippen LogP contribution is 2.23. The van der Waals surface area contributed by atoms with Crippen LogP contribution >= 0.6 is 0 Å². The van der Waals surface area contributed by atoms with Gasteiger partial charge in [-0.15, -0.1) is 0 Å². The number of nitrogens with zero attached hydrogens (tertiary/aromatic N) is 2. The molecule has 21 heavy (non-hydrogen) atoms. The van der Waals surface area contributed by atoms with Gasteiger partial charge in [0.1, 0.15) is 5.75 Å². The smallest absolute Gasteiger partial charge is 0.254 e. The Bertz CT molecular complexity index is 515. The number of carbonyl (C=O) groups is 1. The fourth-order valence-corrected chi connectivity index (χ4v) is 2.63. The molecule has 5 nitrogen and oxygen atoms in total. The van der Waals surface area contributed by atoms with E-state index in [0.29, 0.717) is 17.0 Å². The molecule has 5 heteroatoms. The molecule has 1 aliphatic heterocycles. The van der Waals surface area contributed by atoms with E-state index in [0.717, 1.165) is 26.2 Å². The lowest BCUT2D eigenvalue weighted by atomic mass is 10.0. The molecule has 1 aliphatic rings. The van der Waals surface area contributed by atoms with E-state index in [-0.39, 0.29) is 11.4 Å². The number of hydrogen-bond donors (Lipinski definition) is 1. The number of nitrogens with two attached hydrogens (primary N) is 1. The normalized spacial score (nSPS) is 16.9. The fraction of sp³-hybridized carbons (Fsp3) is 0.562. The Kier molecular flexibility index (Phi) is 4.42. The number of methoxy groups -OCH3 is 1. The van der Waals surface area contributed by atoms with Gasteiger partial charge in [0.2, 0.25) is 0 Å². The number of ether oxygens (including phenoxy) is 1. The predicted molar refractivity (Wildman–Crippen MR) is 84.6 cm³/mol. The maximum atomic E-state index is 12.5. The third kappa shape index (κ3) is 3.47. The first-order valence-corrected chi connectivity index (χ1v) is 7.31. The van der Waals surface area contributed by atoms with Gasteiger partial charge in [-0.2, -0.15) is 0 Å². The minimum absolute atomic E-state index is 0.0397. The van der Waals surface area contributed by atoms with Crippen molar-refractivity contribution in [3.05, 3.63) is 23.8 Å². The molecule has 1 aromatic carbocycles. The molecule has 1 heterocycles. The highest BCUT2D eigenvalue weighted by atomic mass is 16.5. The van der Waals surface area contributed by atoms with Gasteiger partial charge in [-0.1, -0.05) is 0 Å². The van der Waals surface area contributed by atoms with E-state index in [1.807, 2.05) is 4.90 Å². The Morgan fingerprint density at radius 1 is 1.19 bits per heavy atom. The number of anilines is 1. The van der Waals surface area contributed by atoms with Crippen LogP contribution in [0.4, 0.5) is 5.69 Å². The van der Waals surface area contributed by atoms with Gasteiger partial charge in [-0.05, 0) is 39.0 Å². The molecule has 0 atom stereocenters. The van der Waals surface area contributed by atoms with E-state index in [4.69, 9.17) is 10.5 Å². The van der Waals surface area contributed by atoms with Crippen molar-refractivity contribution in [2.75, 3.05) is 39.0 Å². The summed E-state index contributed by atoms with van der Waals surface area (Å²) in [5.74, 6) is 0.641. The van der Waals surface area contributed by atoms with Crippen LogP contribution in [0.2, 0.25) is 0 Å². The molecule has 0 aromatic heterocycles. The van der Waals surface area contributed by atoms with Gasteiger partial charge in [-0.25, -0.2) is 0 Å². The molecule has 0 aliphatic carbocycles. The third-order valence-electron chi connectivity index (χ3n) is 3.99. The topological polar surface area (TPSA) is 58.8 Å². The van der Waals surface area contributed by atoms with Crippen LogP contribution in [0, 0.1) is 0 Å². The van der Waals surface area contributed by atoms with Crippen LogP contribution < -0.4 is 10.5 Å². The fourth-order valence-electron chi connectivity index (χ4n) is 2.63. The first-order valence-electron chi connectivity index (χ1n) is 7.31. The Balaban J connectivity index is 2.04. The predicted octanol–water partition coefficient (Wildman–Crippen LogP) is 1.83. The van der Waals surface area contributed by atoms with Crippen molar-refractivity contribution < 1.29 is 9.53 Å². The van der Waals surface area contributed by atoms with Gasteiger partial charge >= 0.3 is 0 Å². The maximum absolute atomic E-state index is 12.5. The minimum atomic E-state index is 0.0397. The monoisotopic (exact) mass is 291 g/mol. The Labute approximate surface area is 126 Å². The SMILES string of the molecule is COc1ccc(C(=O)N2CCN(C(C)(C)C)CC2)cc1N. The summed E-state index contributed by atoms with van der Waals surface area (Å²) in [7, 11) is 1.57. The molecule has 0 spiro atoms. The van der Waals surface area contributed by atoms with E-state index >= 15 is 0 Å². The number of nitrogen functional groups attached to an aromatic ring is 1. The quantitative estimate of drug-likeness (QED) is 0.845. The van der Waals surface area contributed by atoms with Gasteiger partial charge in [0.25, 0.3) is 5.91 Å². The molecule has 0 radical (unpaired) electrons. The van der Waals surface area contributed by atoms with Gasteiger partial charge in [0.05, 0.1) is 12.8 Å². The van der Waals surface area contributed by atoms with Crippen molar-refractivity contribution >= 4 is 11.6 Å². The molecule has 0 unspecified atom stereocenters. The van der Waals surface area contributed by atoms with Crippen LogP contribution in [0.25, 0.3) is 0 Å².